The van der Waals surface area contributed by atoms with E-state index >= 15 is 0 Å². The maximum Gasteiger partial charge on any atom is 0.341 e. The summed E-state index contributed by atoms with van der Waals surface area (Å²) in [5.74, 6) is -0.620. The molecule has 4 heteroatoms. The van der Waals surface area contributed by atoms with Crippen LogP contribution in [0.4, 0.5) is 0 Å². The molecule has 0 fully saturated rings. The molecule has 0 aliphatic rings. The molecular formula is C16H17NO3. The van der Waals surface area contributed by atoms with E-state index in [0.717, 1.165) is 5.56 Å². The van der Waals surface area contributed by atoms with E-state index in [4.69, 9.17) is 4.74 Å². The number of nitrogens with one attached hydrogen (secondary N) is 1. The molecule has 0 bridgehead atoms. The number of aromatic nitrogens is 1. The summed E-state index contributed by atoms with van der Waals surface area (Å²) in [4.78, 5) is 27.1. The van der Waals surface area contributed by atoms with Crippen LogP contribution in [0.5, 0.6) is 0 Å². The van der Waals surface area contributed by atoms with Crippen molar-refractivity contribution in [3.63, 3.8) is 0 Å². The first-order valence-corrected chi connectivity index (χ1v) is 6.52. The standard InChI is InChI=1S/C16H17NO3/c1-4-20-16(19)14-13(11(3)18)10(2)17-15(14)12-8-6-5-7-9-12/h5-9,17H,4H2,1-3H3. The summed E-state index contributed by atoms with van der Waals surface area (Å²) in [6, 6.07) is 9.44. The Kier molecular flexibility index (Phi) is 4.03. The van der Waals surface area contributed by atoms with Gasteiger partial charge in [-0.3, -0.25) is 4.79 Å². The first-order valence-electron chi connectivity index (χ1n) is 6.52. The van der Waals surface area contributed by atoms with E-state index < -0.39 is 5.97 Å². The van der Waals surface area contributed by atoms with E-state index in [1.165, 1.54) is 6.92 Å². The topological polar surface area (TPSA) is 59.2 Å². The Labute approximate surface area is 117 Å². The number of carbonyl (C=O) groups excluding carboxylic acids is 2. The van der Waals surface area contributed by atoms with E-state index in [-0.39, 0.29) is 12.4 Å². The fourth-order valence-electron chi connectivity index (χ4n) is 2.29. The average molecular weight is 271 g/mol. The molecule has 0 unspecified atom stereocenters. The van der Waals surface area contributed by atoms with Crippen LogP contribution in [0.2, 0.25) is 0 Å². The predicted octanol–water partition coefficient (Wildman–Crippen LogP) is 3.37. The minimum absolute atomic E-state index is 0.149. The highest BCUT2D eigenvalue weighted by molar-refractivity contribution is 6.10. The number of carbonyl (C=O) groups is 2. The second-order valence-corrected chi connectivity index (χ2v) is 4.52. The fourth-order valence-corrected chi connectivity index (χ4v) is 2.29. The summed E-state index contributed by atoms with van der Waals surface area (Å²) in [7, 11) is 0. The van der Waals surface area contributed by atoms with Gasteiger partial charge in [0.1, 0.15) is 0 Å². The molecule has 104 valence electrons. The number of ketones is 1. The van der Waals surface area contributed by atoms with Gasteiger partial charge in [-0.2, -0.15) is 0 Å². The van der Waals surface area contributed by atoms with Crippen molar-refractivity contribution in [2.24, 2.45) is 0 Å². The smallest absolute Gasteiger partial charge is 0.341 e. The molecule has 0 amide bonds. The number of aromatic amines is 1. The molecule has 4 nitrogen and oxygen atoms in total. The van der Waals surface area contributed by atoms with Crippen molar-refractivity contribution in [1.82, 2.24) is 4.98 Å². The van der Waals surface area contributed by atoms with Crippen molar-refractivity contribution in [1.29, 1.82) is 0 Å². The fraction of sp³-hybridized carbons (Fsp3) is 0.250. The molecule has 1 N–H and O–H groups in total. The summed E-state index contributed by atoms with van der Waals surface area (Å²) in [6.07, 6.45) is 0. The highest BCUT2D eigenvalue weighted by Crippen LogP contribution is 2.29. The predicted molar refractivity (Wildman–Crippen MR) is 76.9 cm³/mol. The van der Waals surface area contributed by atoms with Gasteiger partial charge in [0.2, 0.25) is 0 Å². The zero-order valence-electron chi connectivity index (χ0n) is 11.8. The lowest BCUT2D eigenvalue weighted by atomic mass is 10.0. The van der Waals surface area contributed by atoms with Gasteiger partial charge in [0.05, 0.1) is 23.4 Å². The van der Waals surface area contributed by atoms with Crippen LogP contribution >= 0.6 is 0 Å². The third-order valence-electron chi connectivity index (χ3n) is 3.08. The number of ether oxygens (including phenoxy) is 1. The summed E-state index contributed by atoms with van der Waals surface area (Å²) < 4.78 is 5.08. The van der Waals surface area contributed by atoms with Gasteiger partial charge in [-0.25, -0.2) is 4.79 Å². The van der Waals surface area contributed by atoms with Crippen LogP contribution in [-0.2, 0) is 4.74 Å². The Morgan fingerprint density at radius 3 is 2.35 bits per heavy atom. The van der Waals surface area contributed by atoms with Crippen molar-refractivity contribution in [2.45, 2.75) is 20.8 Å². The van der Waals surface area contributed by atoms with Crippen LogP contribution in [-0.4, -0.2) is 23.3 Å². The van der Waals surface area contributed by atoms with Gasteiger partial charge in [-0.1, -0.05) is 30.3 Å². The Hall–Kier alpha value is -2.36. The van der Waals surface area contributed by atoms with Gasteiger partial charge >= 0.3 is 5.97 Å². The normalized spacial score (nSPS) is 10.3. The van der Waals surface area contributed by atoms with Crippen LogP contribution in [0.25, 0.3) is 11.3 Å². The number of hydrogen-bond acceptors (Lipinski definition) is 3. The largest absolute Gasteiger partial charge is 0.462 e. The number of benzene rings is 1. The van der Waals surface area contributed by atoms with Crippen LogP contribution < -0.4 is 0 Å². The molecule has 0 aliphatic carbocycles. The number of esters is 1. The van der Waals surface area contributed by atoms with Crippen LogP contribution in [0.3, 0.4) is 0 Å². The first kappa shape index (κ1) is 14.1. The molecule has 0 saturated heterocycles. The molecule has 0 spiro atoms. The van der Waals surface area contributed by atoms with Gasteiger partial charge in [0, 0.05) is 5.69 Å². The molecule has 0 saturated carbocycles. The first-order chi connectivity index (χ1) is 9.56. The van der Waals surface area contributed by atoms with Crippen molar-refractivity contribution >= 4 is 11.8 Å². The van der Waals surface area contributed by atoms with E-state index in [2.05, 4.69) is 4.98 Å². The third kappa shape index (κ3) is 2.50. The second kappa shape index (κ2) is 5.74. The highest BCUT2D eigenvalue weighted by Gasteiger charge is 2.25. The Balaban J connectivity index is 2.66. The number of rotatable bonds is 4. The van der Waals surface area contributed by atoms with Crippen LogP contribution in [0, 0.1) is 6.92 Å². The minimum Gasteiger partial charge on any atom is -0.462 e. The lowest BCUT2D eigenvalue weighted by Gasteiger charge is -2.06. The van der Waals surface area contributed by atoms with Crippen LogP contribution in [0.15, 0.2) is 30.3 Å². The zero-order valence-corrected chi connectivity index (χ0v) is 11.8. The quantitative estimate of drug-likeness (QED) is 0.685. The summed E-state index contributed by atoms with van der Waals surface area (Å²) >= 11 is 0. The molecule has 0 radical (unpaired) electrons. The minimum atomic E-state index is -0.471. The maximum absolute atomic E-state index is 12.2. The molecule has 0 atom stereocenters. The molecule has 2 rings (SSSR count). The number of aryl methyl sites for hydroxylation is 1. The molecule has 2 aromatic rings. The average Bonchev–Trinajstić information content (AvgIpc) is 2.78. The third-order valence-corrected chi connectivity index (χ3v) is 3.08. The molecular weight excluding hydrogens is 254 g/mol. The SMILES string of the molecule is CCOC(=O)c1c(-c2ccccc2)[nH]c(C)c1C(C)=O. The number of H-pyrrole nitrogens is 1. The summed E-state index contributed by atoms with van der Waals surface area (Å²) in [5.41, 5.74) is 2.89. The van der Waals surface area contributed by atoms with Crippen molar-refractivity contribution in [3.05, 3.63) is 47.2 Å². The van der Waals surface area contributed by atoms with Crippen LogP contribution in [0.1, 0.15) is 40.3 Å². The molecule has 1 aromatic heterocycles. The van der Waals surface area contributed by atoms with Gasteiger partial charge < -0.3 is 9.72 Å². The molecule has 1 heterocycles. The monoisotopic (exact) mass is 271 g/mol. The van der Waals surface area contributed by atoms with E-state index in [0.29, 0.717) is 22.5 Å². The summed E-state index contributed by atoms with van der Waals surface area (Å²) in [5, 5.41) is 0. The van der Waals surface area contributed by atoms with Gasteiger partial charge in [0.25, 0.3) is 0 Å². The lowest BCUT2D eigenvalue weighted by Crippen LogP contribution is -2.10. The van der Waals surface area contributed by atoms with Crippen molar-refractivity contribution < 1.29 is 14.3 Å². The van der Waals surface area contributed by atoms with E-state index in [1.807, 2.05) is 30.3 Å². The van der Waals surface area contributed by atoms with Crippen molar-refractivity contribution in [2.75, 3.05) is 6.61 Å². The number of Topliss-reactive ketones (excluding diaryl/α,β-unsaturated/α-hetero) is 1. The van der Waals surface area contributed by atoms with Gasteiger partial charge in [-0.05, 0) is 26.3 Å². The Morgan fingerprint density at radius 1 is 1.15 bits per heavy atom. The molecule has 0 aliphatic heterocycles. The maximum atomic E-state index is 12.2. The van der Waals surface area contributed by atoms with E-state index in [9.17, 15) is 9.59 Å². The molecule has 1 aromatic carbocycles. The van der Waals surface area contributed by atoms with Gasteiger partial charge in [-0.15, -0.1) is 0 Å². The zero-order chi connectivity index (χ0) is 14.7. The molecule has 20 heavy (non-hydrogen) atoms. The Morgan fingerprint density at radius 2 is 1.80 bits per heavy atom. The van der Waals surface area contributed by atoms with Gasteiger partial charge in [0.15, 0.2) is 5.78 Å². The highest BCUT2D eigenvalue weighted by atomic mass is 16.5. The lowest BCUT2D eigenvalue weighted by molar-refractivity contribution is 0.0524. The Bertz CT molecular complexity index is 641. The van der Waals surface area contributed by atoms with Crippen molar-refractivity contribution in [3.8, 4) is 11.3 Å². The second-order valence-electron chi connectivity index (χ2n) is 4.52. The number of hydrogen-bond donors (Lipinski definition) is 1. The summed E-state index contributed by atoms with van der Waals surface area (Å²) in [6.45, 7) is 5.25. The van der Waals surface area contributed by atoms with E-state index in [1.54, 1.807) is 13.8 Å².